The lowest BCUT2D eigenvalue weighted by Crippen LogP contribution is -2.31. The largest absolute Gasteiger partial charge is 0.393 e. The number of amides is 2. The van der Waals surface area contributed by atoms with Crippen LogP contribution in [0.4, 0.5) is 10.5 Å². The molecule has 1 rings (SSSR count). The SMILES string of the molecule is CCc1ncc(NC(=O)NCCC(C)O)cn1. The van der Waals surface area contributed by atoms with Gasteiger partial charge in [-0.05, 0) is 13.3 Å². The van der Waals surface area contributed by atoms with Crippen molar-refractivity contribution in [1.82, 2.24) is 15.3 Å². The molecule has 1 unspecified atom stereocenters. The minimum absolute atomic E-state index is 0.321. The van der Waals surface area contributed by atoms with E-state index < -0.39 is 6.10 Å². The Morgan fingerprint density at radius 2 is 2.12 bits per heavy atom. The Kier molecular flexibility index (Phi) is 5.35. The normalized spacial score (nSPS) is 11.9. The van der Waals surface area contributed by atoms with Crippen LogP contribution >= 0.6 is 0 Å². The average Bonchev–Trinajstić information content (AvgIpc) is 2.29. The molecule has 94 valence electrons. The number of rotatable bonds is 5. The summed E-state index contributed by atoms with van der Waals surface area (Å²) in [5.41, 5.74) is 0.553. The number of nitrogens with zero attached hydrogens (tertiary/aromatic N) is 2. The number of hydrogen-bond acceptors (Lipinski definition) is 4. The van der Waals surface area contributed by atoms with Crippen molar-refractivity contribution in [2.45, 2.75) is 32.8 Å². The summed E-state index contributed by atoms with van der Waals surface area (Å²) in [6.45, 7) is 4.07. The van der Waals surface area contributed by atoms with Gasteiger partial charge in [-0.1, -0.05) is 6.92 Å². The van der Waals surface area contributed by atoms with Crippen LogP contribution in [0.1, 0.15) is 26.1 Å². The van der Waals surface area contributed by atoms with E-state index >= 15 is 0 Å². The maximum Gasteiger partial charge on any atom is 0.319 e. The number of hydrogen-bond donors (Lipinski definition) is 3. The molecular formula is C11H18N4O2. The van der Waals surface area contributed by atoms with Gasteiger partial charge in [0.1, 0.15) is 5.82 Å². The molecule has 3 N–H and O–H groups in total. The Balaban J connectivity index is 2.34. The molecule has 0 aliphatic heterocycles. The second kappa shape index (κ2) is 6.80. The number of anilines is 1. The first-order chi connectivity index (χ1) is 8.11. The molecule has 2 amide bonds. The molecular weight excluding hydrogens is 220 g/mol. The molecule has 0 radical (unpaired) electrons. The molecule has 0 saturated heterocycles. The van der Waals surface area contributed by atoms with E-state index in [1.165, 1.54) is 0 Å². The van der Waals surface area contributed by atoms with E-state index in [1.54, 1.807) is 19.3 Å². The molecule has 1 heterocycles. The number of aliphatic hydroxyl groups excluding tert-OH is 1. The van der Waals surface area contributed by atoms with E-state index in [4.69, 9.17) is 5.11 Å². The van der Waals surface area contributed by atoms with E-state index in [0.29, 0.717) is 18.7 Å². The molecule has 17 heavy (non-hydrogen) atoms. The first kappa shape index (κ1) is 13.4. The number of nitrogens with one attached hydrogen (secondary N) is 2. The standard InChI is InChI=1S/C11H18N4O2/c1-3-10-13-6-9(7-14-10)15-11(17)12-5-4-8(2)16/h6-8,16H,3-5H2,1-2H3,(H2,12,15,17). The quantitative estimate of drug-likeness (QED) is 0.712. The maximum absolute atomic E-state index is 11.4. The minimum Gasteiger partial charge on any atom is -0.393 e. The van der Waals surface area contributed by atoms with Crippen LogP contribution in [0.5, 0.6) is 0 Å². The summed E-state index contributed by atoms with van der Waals surface area (Å²) in [7, 11) is 0. The summed E-state index contributed by atoms with van der Waals surface area (Å²) in [4.78, 5) is 19.5. The van der Waals surface area contributed by atoms with Crippen LogP contribution in [0, 0.1) is 0 Å². The van der Waals surface area contributed by atoms with Gasteiger partial charge in [0.05, 0.1) is 24.2 Å². The molecule has 0 saturated carbocycles. The molecule has 0 aliphatic rings. The van der Waals surface area contributed by atoms with Crippen LogP contribution in [0.15, 0.2) is 12.4 Å². The van der Waals surface area contributed by atoms with Gasteiger partial charge in [-0.15, -0.1) is 0 Å². The van der Waals surface area contributed by atoms with Crippen molar-refractivity contribution in [1.29, 1.82) is 0 Å². The zero-order valence-corrected chi connectivity index (χ0v) is 10.1. The molecule has 0 spiro atoms. The summed E-state index contributed by atoms with van der Waals surface area (Å²) >= 11 is 0. The predicted molar refractivity (Wildman–Crippen MR) is 64.7 cm³/mol. The van der Waals surface area contributed by atoms with Gasteiger partial charge < -0.3 is 15.7 Å². The highest BCUT2D eigenvalue weighted by molar-refractivity contribution is 5.88. The third kappa shape index (κ3) is 5.26. The Morgan fingerprint density at radius 1 is 1.47 bits per heavy atom. The average molecular weight is 238 g/mol. The van der Waals surface area contributed by atoms with Crippen LogP contribution in [-0.2, 0) is 6.42 Å². The zero-order valence-electron chi connectivity index (χ0n) is 10.1. The van der Waals surface area contributed by atoms with Gasteiger partial charge in [0, 0.05) is 13.0 Å². The van der Waals surface area contributed by atoms with E-state index in [2.05, 4.69) is 20.6 Å². The van der Waals surface area contributed by atoms with Crippen LogP contribution in [0.2, 0.25) is 0 Å². The van der Waals surface area contributed by atoms with Crippen LogP contribution in [0.3, 0.4) is 0 Å². The highest BCUT2D eigenvalue weighted by atomic mass is 16.3. The molecule has 0 aromatic carbocycles. The second-order valence-corrected chi connectivity index (χ2v) is 3.76. The topological polar surface area (TPSA) is 87.1 Å². The van der Waals surface area contributed by atoms with Crippen molar-refractivity contribution in [2.75, 3.05) is 11.9 Å². The van der Waals surface area contributed by atoms with Crippen LogP contribution in [-0.4, -0.2) is 33.8 Å². The van der Waals surface area contributed by atoms with Gasteiger partial charge in [0.25, 0.3) is 0 Å². The van der Waals surface area contributed by atoms with Gasteiger partial charge in [0.2, 0.25) is 0 Å². The monoisotopic (exact) mass is 238 g/mol. The predicted octanol–water partition coefficient (Wildman–Crippen LogP) is 0.931. The van der Waals surface area contributed by atoms with Crippen molar-refractivity contribution in [2.24, 2.45) is 0 Å². The van der Waals surface area contributed by atoms with Crippen LogP contribution < -0.4 is 10.6 Å². The molecule has 6 heteroatoms. The summed E-state index contributed by atoms with van der Waals surface area (Å²) < 4.78 is 0. The van der Waals surface area contributed by atoms with Crippen molar-refractivity contribution >= 4 is 11.7 Å². The fourth-order valence-corrected chi connectivity index (χ4v) is 1.17. The second-order valence-electron chi connectivity index (χ2n) is 3.76. The molecule has 0 aliphatic carbocycles. The van der Waals surface area contributed by atoms with E-state index in [9.17, 15) is 4.79 Å². The molecule has 0 bridgehead atoms. The summed E-state index contributed by atoms with van der Waals surface area (Å²) in [6.07, 6.45) is 4.02. The zero-order chi connectivity index (χ0) is 12.7. The molecule has 6 nitrogen and oxygen atoms in total. The first-order valence-corrected chi connectivity index (χ1v) is 5.65. The van der Waals surface area contributed by atoms with E-state index in [1.807, 2.05) is 6.92 Å². The summed E-state index contributed by atoms with van der Waals surface area (Å²) in [5, 5.41) is 14.3. The van der Waals surface area contributed by atoms with Crippen molar-refractivity contribution < 1.29 is 9.90 Å². The smallest absolute Gasteiger partial charge is 0.319 e. The lowest BCUT2D eigenvalue weighted by atomic mass is 10.3. The van der Waals surface area contributed by atoms with Gasteiger partial charge in [-0.3, -0.25) is 0 Å². The Labute approximate surface area is 100 Å². The third-order valence-electron chi connectivity index (χ3n) is 2.13. The van der Waals surface area contributed by atoms with Gasteiger partial charge in [-0.25, -0.2) is 14.8 Å². The van der Waals surface area contributed by atoms with E-state index in [-0.39, 0.29) is 6.03 Å². The minimum atomic E-state index is -0.414. The number of aryl methyl sites for hydroxylation is 1. The van der Waals surface area contributed by atoms with Crippen molar-refractivity contribution in [3.8, 4) is 0 Å². The fourth-order valence-electron chi connectivity index (χ4n) is 1.17. The van der Waals surface area contributed by atoms with Crippen molar-refractivity contribution in [3.63, 3.8) is 0 Å². The Bertz CT molecular complexity index is 351. The van der Waals surface area contributed by atoms with Crippen molar-refractivity contribution in [3.05, 3.63) is 18.2 Å². The molecule has 0 fully saturated rings. The summed E-state index contributed by atoms with van der Waals surface area (Å²) in [6, 6.07) is -0.321. The highest BCUT2D eigenvalue weighted by Crippen LogP contribution is 2.02. The number of aliphatic hydroxyl groups is 1. The number of aromatic nitrogens is 2. The molecule has 1 aromatic heterocycles. The Hall–Kier alpha value is -1.69. The van der Waals surface area contributed by atoms with Crippen LogP contribution in [0.25, 0.3) is 0 Å². The fraction of sp³-hybridized carbons (Fsp3) is 0.545. The number of urea groups is 1. The highest BCUT2D eigenvalue weighted by Gasteiger charge is 2.03. The summed E-state index contributed by atoms with van der Waals surface area (Å²) in [5.74, 6) is 0.741. The number of carbonyl (C=O) groups is 1. The third-order valence-corrected chi connectivity index (χ3v) is 2.13. The van der Waals surface area contributed by atoms with Gasteiger partial charge >= 0.3 is 6.03 Å². The lowest BCUT2D eigenvalue weighted by molar-refractivity contribution is 0.184. The molecule has 1 aromatic rings. The van der Waals surface area contributed by atoms with Gasteiger partial charge in [0.15, 0.2) is 0 Å². The molecule has 1 atom stereocenters. The van der Waals surface area contributed by atoms with Gasteiger partial charge in [-0.2, -0.15) is 0 Å². The van der Waals surface area contributed by atoms with E-state index in [0.717, 1.165) is 12.2 Å². The Morgan fingerprint density at radius 3 is 2.65 bits per heavy atom. The maximum atomic E-state index is 11.4. The lowest BCUT2D eigenvalue weighted by Gasteiger charge is -2.08. The first-order valence-electron chi connectivity index (χ1n) is 5.65. The number of carbonyl (C=O) groups excluding carboxylic acids is 1.